The molecule has 0 radical (unpaired) electrons. The van der Waals surface area contributed by atoms with Crippen molar-refractivity contribution in [2.45, 2.75) is 59.3 Å². The number of rotatable bonds is 9. The van der Waals surface area contributed by atoms with Gasteiger partial charge in [-0.05, 0) is 20.3 Å². The topological polar surface area (TPSA) is 43.4 Å². The number of esters is 1. The SMILES string of the molecule is CCCCCCC[C@@H](C(C)=O)C(=O)OCC. The first-order valence-electron chi connectivity index (χ1n) is 6.30. The quantitative estimate of drug-likeness (QED) is 0.346. The Kier molecular flexibility index (Phi) is 8.87. The van der Waals surface area contributed by atoms with Crippen LogP contribution < -0.4 is 0 Å². The molecule has 0 fully saturated rings. The summed E-state index contributed by atoms with van der Waals surface area (Å²) in [4.78, 5) is 22.7. The summed E-state index contributed by atoms with van der Waals surface area (Å²) in [6, 6.07) is 0. The van der Waals surface area contributed by atoms with Crippen LogP contribution in [0.1, 0.15) is 59.3 Å². The molecule has 0 aliphatic rings. The van der Waals surface area contributed by atoms with Crippen LogP contribution in [0.2, 0.25) is 0 Å². The van der Waals surface area contributed by atoms with E-state index in [2.05, 4.69) is 6.92 Å². The highest BCUT2D eigenvalue weighted by Gasteiger charge is 2.23. The molecule has 0 aromatic carbocycles. The Morgan fingerprint density at radius 2 is 1.69 bits per heavy atom. The second-order valence-electron chi connectivity index (χ2n) is 4.12. The number of hydrogen-bond donors (Lipinski definition) is 0. The van der Waals surface area contributed by atoms with Crippen LogP contribution in [0.15, 0.2) is 0 Å². The number of carbonyl (C=O) groups excluding carboxylic acids is 2. The van der Waals surface area contributed by atoms with Gasteiger partial charge in [-0.15, -0.1) is 0 Å². The molecule has 0 aliphatic heterocycles. The molecule has 0 aromatic heterocycles. The highest BCUT2D eigenvalue weighted by Crippen LogP contribution is 2.14. The molecule has 0 bridgehead atoms. The molecule has 1 atom stereocenters. The van der Waals surface area contributed by atoms with Gasteiger partial charge >= 0.3 is 5.97 Å². The Labute approximate surface area is 98.6 Å². The summed E-state index contributed by atoms with van der Waals surface area (Å²) in [5.74, 6) is -0.971. The van der Waals surface area contributed by atoms with Gasteiger partial charge in [0, 0.05) is 0 Å². The fraction of sp³-hybridized carbons (Fsp3) is 0.846. The first-order valence-corrected chi connectivity index (χ1v) is 6.30. The molecular formula is C13H24O3. The Hall–Kier alpha value is -0.860. The third kappa shape index (κ3) is 6.59. The summed E-state index contributed by atoms with van der Waals surface area (Å²) in [5.41, 5.74) is 0. The molecule has 0 N–H and O–H groups in total. The molecule has 16 heavy (non-hydrogen) atoms. The standard InChI is InChI=1S/C13H24O3/c1-4-6-7-8-9-10-12(11(3)14)13(15)16-5-2/h12H,4-10H2,1-3H3/t12-/m0/s1. The van der Waals surface area contributed by atoms with E-state index < -0.39 is 5.92 Å². The second kappa shape index (κ2) is 9.37. The lowest BCUT2D eigenvalue weighted by molar-refractivity contribution is -0.151. The highest BCUT2D eigenvalue weighted by molar-refractivity contribution is 5.97. The van der Waals surface area contributed by atoms with E-state index in [0.29, 0.717) is 13.0 Å². The smallest absolute Gasteiger partial charge is 0.316 e. The fourth-order valence-electron chi connectivity index (χ4n) is 1.68. The van der Waals surface area contributed by atoms with Crippen molar-refractivity contribution >= 4 is 11.8 Å². The molecular weight excluding hydrogens is 204 g/mol. The first kappa shape index (κ1) is 15.1. The lowest BCUT2D eigenvalue weighted by atomic mass is 9.97. The average Bonchev–Trinajstić information content (AvgIpc) is 2.23. The number of ether oxygens (including phenoxy) is 1. The highest BCUT2D eigenvalue weighted by atomic mass is 16.5. The third-order valence-corrected chi connectivity index (χ3v) is 2.66. The Bertz CT molecular complexity index is 211. The van der Waals surface area contributed by atoms with Gasteiger partial charge in [0.2, 0.25) is 0 Å². The Morgan fingerprint density at radius 1 is 1.06 bits per heavy atom. The molecule has 94 valence electrons. The normalized spacial score (nSPS) is 12.2. The van der Waals surface area contributed by atoms with Crippen LogP contribution in [0, 0.1) is 5.92 Å². The zero-order chi connectivity index (χ0) is 12.4. The molecule has 0 unspecified atom stereocenters. The van der Waals surface area contributed by atoms with E-state index in [1.54, 1.807) is 6.92 Å². The van der Waals surface area contributed by atoms with Crippen LogP contribution in [-0.2, 0) is 14.3 Å². The minimum atomic E-state index is -0.540. The monoisotopic (exact) mass is 228 g/mol. The van der Waals surface area contributed by atoms with Crippen LogP contribution in [0.25, 0.3) is 0 Å². The molecule has 0 amide bonds. The van der Waals surface area contributed by atoms with Crippen molar-refractivity contribution in [1.82, 2.24) is 0 Å². The maximum Gasteiger partial charge on any atom is 0.316 e. The van der Waals surface area contributed by atoms with Gasteiger partial charge in [0.1, 0.15) is 11.7 Å². The van der Waals surface area contributed by atoms with Crippen LogP contribution in [0.4, 0.5) is 0 Å². The fourth-order valence-corrected chi connectivity index (χ4v) is 1.68. The second-order valence-corrected chi connectivity index (χ2v) is 4.12. The summed E-state index contributed by atoms with van der Waals surface area (Å²) >= 11 is 0. The molecule has 0 heterocycles. The molecule has 0 aliphatic carbocycles. The van der Waals surface area contributed by atoms with Gasteiger partial charge in [-0.3, -0.25) is 9.59 Å². The van der Waals surface area contributed by atoms with Crippen molar-refractivity contribution in [3.63, 3.8) is 0 Å². The van der Waals surface area contributed by atoms with E-state index >= 15 is 0 Å². The summed E-state index contributed by atoms with van der Waals surface area (Å²) in [6.07, 6.45) is 6.28. The van der Waals surface area contributed by atoms with Gasteiger partial charge in [-0.25, -0.2) is 0 Å². The molecule has 0 aromatic rings. The van der Waals surface area contributed by atoms with Gasteiger partial charge < -0.3 is 4.74 Å². The molecule has 0 rings (SSSR count). The first-order chi connectivity index (χ1) is 7.63. The lowest BCUT2D eigenvalue weighted by Crippen LogP contribution is -2.24. The van der Waals surface area contributed by atoms with E-state index in [1.165, 1.54) is 26.2 Å². The molecule has 0 saturated carbocycles. The van der Waals surface area contributed by atoms with Crippen molar-refractivity contribution in [1.29, 1.82) is 0 Å². The van der Waals surface area contributed by atoms with Crippen molar-refractivity contribution in [2.75, 3.05) is 6.61 Å². The summed E-state index contributed by atoms with van der Waals surface area (Å²) in [6.45, 7) is 5.74. The van der Waals surface area contributed by atoms with Crippen LogP contribution in [0.3, 0.4) is 0 Å². The summed E-state index contributed by atoms with van der Waals surface area (Å²) in [7, 11) is 0. The largest absolute Gasteiger partial charge is 0.465 e. The molecule has 3 nitrogen and oxygen atoms in total. The Morgan fingerprint density at radius 3 is 2.19 bits per heavy atom. The minimum absolute atomic E-state index is 0.0751. The zero-order valence-corrected chi connectivity index (χ0v) is 10.8. The van der Waals surface area contributed by atoms with E-state index in [9.17, 15) is 9.59 Å². The van der Waals surface area contributed by atoms with Gasteiger partial charge in [0.25, 0.3) is 0 Å². The third-order valence-electron chi connectivity index (χ3n) is 2.66. The van der Waals surface area contributed by atoms with Crippen molar-refractivity contribution in [3.8, 4) is 0 Å². The number of carbonyl (C=O) groups is 2. The molecule has 0 saturated heterocycles. The van der Waals surface area contributed by atoms with Gasteiger partial charge in [-0.2, -0.15) is 0 Å². The van der Waals surface area contributed by atoms with E-state index in [-0.39, 0.29) is 11.8 Å². The van der Waals surface area contributed by atoms with Crippen LogP contribution in [0.5, 0.6) is 0 Å². The molecule has 3 heteroatoms. The minimum Gasteiger partial charge on any atom is -0.465 e. The van der Waals surface area contributed by atoms with Gasteiger partial charge in [0.15, 0.2) is 0 Å². The van der Waals surface area contributed by atoms with Crippen molar-refractivity contribution in [2.24, 2.45) is 5.92 Å². The van der Waals surface area contributed by atoms with Crippen LogP contribution >= 0.6 is 0 Å². The number of Topliss-reactive ketones (excluding diaryl/α,β-unsaturated/α-hetero) is 1. The number of ketones is 1. The van der Waals surface area contributed by atoms with Gasteiger partial charge in [0.05, 0.1) is 6.61 Å². The maximum absolute atomic E-state index is 11.5. The van der Waals surface area contributed by atoms with E-state index in [0.717, 1.165) is 12.8 Å². The van der Waals surface area contributed by atoms with E-state index in [1.807, 2.05) is 0 Å². The Balaban J connectivity index is 3.86. The zero-order valence-electron chi connectivity index (χ0n) is 10.8. The van der Waals surface area contributed by atoms with Gasteiger partial charge in [-0.1, -0.05) is 39.0 Å². The van der Waals surface area contributed by atoms with Crippen molar-refractivity contribution in [3.05, 3.63) is 0 Å². The predicted molar refractivity (Wildman–Crippen MR) is 64.2 cm³/mol. The lowest BCUT2D eigenvalue weighted by Gasteiger charge is -2.12. The summed E-state index contributed by atoms with van der Waals surface area (Å²) < 4.78 is 4.88. The maximum atomic E-state index is 11.5. The van der Waals surface area contributed by atoms with Crippen molar-refractivity contribution < 1.29 is 14.3 Å². The predicted octanol–water partition coefficient (Wildman–Crippen LogP) is 3.12. The summed E-state index contributed by atoms with van der Waals surface area (Å²) in [5, 5.41) is 0. The number of unbranched alkanes of at least 4 members (excludes halogenated alkanes) is 4. The average molecular weight is 228 g/mol. The van der Waals surface area contributed by atoms with Crippen LogP contribution in [-0.4, -0.2) is 18.4 Å². The number of hydrogen-bond acceptors (Lipinski definition) is 3. The molecule has 0 spiro atoms. The van der Waals surface area contributed by atoms with E-state index in [4.69, 9.17) is 4.74 Å².